The highest BCUT2D eigenvalue weighted by Crippen LogP contribution is 2.41. The van der Waals surface area contributed by atoms with Gasteiger partial charge in [0.15, 0.2) is 8.32 Å². The van der Waals surface area contributed by atoms with Crippen LogP contribution >= 0.6 is 0 Å². The van der Waals surface area contributed by atoms with E-state index in [-0.39, 0.29) is 35.3 Å². The standard InChI is InChI=1S/C32H59NO5Si/c1-10-11-12-13-14-15-16-17-18-19-20-28(38-39(8,9)32(5,6)7)26-22-21-25(27-23-24-29(34)36-27)33(26)30(35)37-31(2,3)4/h23-28H,10-22H2,1-9H3/t25?,26-,27-,28-/m0/s1. The monoisotopic (exact) mass is 565 g/mol. The van der Waals surface area contributed by atoms with Crippen molar-refractivity contribution in [2.75, 3.05) is 0 Å². The highest BCUT2D eigenvalue weighted by Gasteiger charge is 2.49. The third-order valence-electron chi connectivity index (χ3n) is 8.65. The number of likely N-dealkylation sites (tertiary alicyclic amines) is 1. The molecule has 0 aromatic carbocycles. The molecule has 1 amide bonds. The minimum Gasteiger partial charge on any atom is -0.453 e. The van der Waals surface area contributed by atoms with E-state index in [9.17, 15) is 9.59 Å². The summed E-state index contributed by atoms with van der Waals surface area (Å²) in [5.41, 5.74) is -0.608. The molecule has 4 atom stereocenters. The Balaban J connectivity index is 2.13. The van der Waals surface area contributed by atoms with Gasteiger partial charge in [0, 0.05) is 6.08 Å². The molecule has 2 aliphatic rings. The third-order valence-corrected chi connectivity index (χ3v) is 13.2. The molecule has 0 aliphatic carbocycles. The van der Waals surface area contributed by atoms with Crippen LogP contribution in [0.3, 0.4) is 0 Å². The first kappa shape index (κ1) is 33.9. The van der Waals surface area contributed by atoms with Gasteiger partial charge in [-0.3, -0.25) is 4.90 Å². The van der Waals surface area contributed by atoms with Crippen LogP contribution in [0.5, 0.6) is 0 Å². The number of amides is 1. The molecule has 1 unspecified atom stereocenters. The average Bonchev–Trinajstić information content (AvgIpc) is 3.44. The highest BCUT2D eigenvalue weighted by molar-refractivity contribution is 6.74. The number of rotatable bonds is 15. The van der Waals surface area contributed by atoms with E-state index in [0.717, 1.165) is 25.7 Å². The van der Waals surface area contributed by atoms with E-state index in [2.05, 4.69) is 40.8 Å². The smallest absolute Gasteiger partial charge is 0.411 e. The SMILES string of the molecule is CCCCCCCCCCCC[C@H](O[Si](C)(C)C(C)(C)C)[C@@H]1CCC([C@@H]2C=CC(=O)O2)N1C(=O)OC(C)(C)C. The van der Waals surface area contributed by atoms with Crippen molar-refractivity contribution in [2.45, 2.75) is 180 Å². The summed E-state index contributed by atoms with van der Waals surface area (Å²) in [7, 11) is -2.09. The van der Waals surface area contributed by atoms with Crippen LogP contribution in [-0.4, -0.2) is 55.2 Å². The summed E-state index contributed by atoms with van der Waals surface area (Å²) in [4.78, 5) is 27.4. The van der Waals surface area contributed by atoms with Crippen molar-refractivity contribution < 1.29 is 23.5 Å². The van der Waals surface area contributed by atoms with Gasteiger partial charge in [-0.2, -0.15) is 0 Å². The van der Waals surface area contributed by atoms with Gasteiger partial charge in [0.1, 0.15) is 11.7 Å². The molecular weight excluding hydrogens is 506 g/mol. The van der Waals surface area contributed by atoms with Crippen LogP contribution in [0.25, 0.3) is 0 Å². The van der Waals surface area contributed by atoms with Crippen LogP contribution in [-0.2, 0) is 18.7 Å². The number of hydrogen-bond donors (Lipinski definition) is 0. The Hall–Kier alpha value is -1.34. The molecule has 2 aliphatic heterocycles. The Morgan fingerprint density at radius 1 is 0.974 bits per heavy atom. The maximum Gasteiger partial charge on any atom is 0.411 e. The fourth-order valence-corrected chi connectivity index (χ4v) is 6.83. The molecule has 0 radical (unpaired) electrons. The van der Waals surface area contributed by atoms with Crippen LogP contribution < -0.4 is 0 Å². The fraction of sp³-hybridized carbons (Fsp3) is 0.875. The van der Waals surface area contributed by atoms with Crippen molar-refractivity contribution in [3.8, 4) is 0 Å². The number of carbonyl (C=O) groups is 2. The number of carbonyl (C=O) groups excluding carboxylic acids is 2. The molecule has 2 heterocycles. The van der Waals surface area contributed by atoms with Crippen molar-refractivity contribution in [2.24, 2.45) is 0 Å². The summed E-state index contributed by atoms with van der Waals surface area (Å²) in [6.45, 7) is 19.3. The molecule has 1 fully saturated rings. The molecule has 0 saturated carbocycles. The minimum absolute atomic E-state index is 0.0569. The van der Waals surface area contributed by atoms with Gasteiger partial charge >= 0.3 is 12.1 Å². The number of hydrogen-bond acceptors (Lipinski definition) is 5. The lowest BCUT2D eigenvalue weighted by Crippen LogP contribution is -2.55. The first-order valence-corrected chi connectivity index (χ1v) is 18.6. The molecule has 226 valence electrons. The molecule has 0 spiro atoms. The second kappa shape index (κ2) is 15.0. The Morgan fingerprint density at radius 3 is 2.03 bits per heavy atom. The lowest BCUT2D eigenvalue weighted by atomic mass is 10.0. The Kier molecular flexibility index (Phi) is 13.1. The molecule has 6 nitrogen and oxygen atoms in total. The molecular formula is C32H59NO5Si. The summed E-state index contributed by atoms with van der Waals surface area (Å²) in [6.07, 6.45) is 17.9. The second-order valence-corrected chi connectivity index (χ2v) is 19.0. The van der Waals surface area contributed by atoms with Crippen molar-refractivity contribution >= 4 is 20.4 Å². The Labute approximate surface area is 240 Å². The summed E-state index contributed by atoms with van der Waals surface area (Å²) in [6, 6.07) is -0.323. The number of nitrogens with zero attached hydrogens (tertiary/aromatic N) is 1. The fourth-order valence-electron chi connectivity index (χ4n) is 5.45. The van der Waals surface area contributed by atoms with Crippen LogP contribution in [0, 0.1) is 0 Å². The van der Waals surface area contributed by atoms with E-state index in [1.807, 2.05) is 25.7 Å². The van der Waals surface area contributed by atoms with E-state index >= 15 is 0 Å². The largest absolute Gasteiger partial charge is 0.453 e. The molecule has 0 bridgehead atoms. The number of cyclic esters (lactones) is 1. The maximum absolute atomic E-state index is 13.6. The van der Waals surface area contributed by atoms with Gasteiger partial charge < -0.3 is 13.9 Å². The van der Waals surface area contributed by atoms with E-state index in [1.165, 1.54) is 63.9 Å². The summed E-state index contributed by atoms with van der Waals surface area (Å²) in [5, 5.41) is 0.0709. The quantitative estimate of drug-likeness (QED) is 0.113. The molecule has 2 rings (SSSR count). The maximum atomic E-state index is 13.6. The molecule has 7 heteroatoms. The highest BCUT2D eigenvalue weighted by atomic mass is 28.4. The summed E-state index contributed by atoms with van der Waals surface area (Å²) >= 11 is 0. The van der Waals surface area contributed by atoms with E-state index in [0.29, 0.717) is 0 Å². The molecule has 0 aromatic rings. The lowest BCUT2D eigenvalue weighted by Gasteiger charge is -2.43. The van der Waals surface area contributed by atoms with E-state index in [4.69, 9.17) is 13.9 Å². The first-order chi connectivity index (χ1) is 18.2. The Bertz CT molecular complexity index is 797. The predicted molar refractivity (Wildman–Crippen MR) is 162 cm³/mol. The van der Waals surface area contributed by atoms with Crippen molar-refractivity contribution in [3.63, 3.8) is 0 Å². The topological polar surface area (TPSA) is 65.1 Å². The second-order valence-electron chi connectivity index (χ2n) is 14.2. The zero-order valence-corrected chi connectivity index (χ0v) is 27.6. The van der Waals surface area contributed by atoms with Gasteiger partial charge in [-0.25, -0.2) is 9.59 Å². The first-order valence-electron chi connectivity index (χ1n) is 15.7. The zero-order valence-electron chi connectivity index (χ0n) is 26.6. The summed E-state index contributed by atoms with van der Waals surface area (Å²) < 4.78 is 18.5. The van der Waals surface area contributed by atoms with Crippen LogP contribution in [0.1, 0.15) is 132 Å². The lowest BCUT2D eigenvalue weighted by molar-refractivity contribution is -0.141. The minimum atomic E-state index is -2.09. The molecule has 1 saturated heterocycles. The normalized spacial score (nSPS) is 22.8. The van der Waals surface area contributed by atoms with Gasteiger partial charge in [-0.05, 0) is 64.2 Å². The van der Waals surface area contributed by atoms with Crippen LogP contribution in [0.4, 0.5) is 4.79 Å². The van der Waals surface area contributed by atoms with Gasteiger partial charge in [0.25, 0.3) is 0 Å². The van der Waals surface area contributed by atoms with E-state index in [1.54, 1.807) is 6.08 Å². The number of unbranched alkanes of at least 4 members (excludes halogenated alkanes) is 9. The van der Waals surface area contributed by atoms with E-state index < -0.39 is 20.0 Å². The Morgan fingerprint density at radius 2 is 1.54 bits per heavy atom. The van der Waals surface area contributed by atoms with Gasteiger partial charge in [-0.15, -0.1) is 0 Å². The third kappa shape index (κ3) is 10.9. The van der Waals surface area contributed by atoms with Crippen LogP contribution in [0.2, 0.25) is 18.1 Å². The molecule has 0 N–H and O–H groups in total. The molecule has 0 aromatic heterocycles. The average molecular weight is 566 g/mol. The van der Waals surface area contributed by atoms with Crippen molar-refractivity contribution in [1.29, 1.82) is 0 Å². The predicted octanol–water partition coefficient (Wildman–Crippen LogP) is 8.94. The van der Waals surface area contributed by atoms with Crippen LogP contribution in [0.15, 0.2) is 12.2 Å². The van der Waals surface area contributed by atoms with Gasteiger partial charge in [0.2, 0.25) is 0 Å². The summed E-state index contributed by atoms with van der Waals surface area (Å²) in [5.74, 6) is -0.341. The van der Waals surface area contributed by atoms with Crippen molar-refractivity contribution in [3.05, 3.63) is 12.2 Å². The number of ether oxygens (including phenoxy) is 2. The van der Waals surface area contributed by atoms with Crippen molar-refractivity contribution in [1.82, 2.24) is 4.90 Å². The van der Waals surface area contributed by atoms with Gasteiger partial charge in [0.05, 0.1) is 18.2 Å². The zero-order chi connectivity index (χ0) is 29.3. The van der Waals surface area contributed by atoms with Gasteiger partial charge in [-0.1, -0.05) is 91.9 Å². The number of esters is 1. The molecule has 39 heavy (non-hydrogen) atoms.